The molecule has 0 unspecified atom stereocenters. The maximum Gasteiger partial charge on any atom is 0.236 e. The van der Waals surface area contributed by atoms with Crippen LogP contribution in [0.4, 0.5) is 0 Å². The molecule has 4 nitrogen and oxygen atoms in total. The van der Waals surface area contributed by atoms with Gasteiger partial charge >= 0.3 is 0 Å². The van der Waals surface area contributed by atoms with Gasteiger partial charge in [-0.3, -0.25) is 4.79 Å². The first-order valence-electron chi connectivity index (χ1n) is 3.57. The quantitative estimate of drug-likeness (QED) is 0.553. The predicted octanol–water partition coefficient (Wildman–Crippen LogP) is -0.507. The monoisotopic (exact) mass is 154 g/mol. The molecule has 1 fully saturated rings. The lowest BCUT2D eigenvalue weighted by molar-refractivity contribution is -0.129. The molecule has 4 heteroatoms. The third-order valence-corrected chi connectivity index (χ3v) is 1.75. The van der Waals surface area contributed by atoms with Crippen molar-refractivity contribution in [1.82, 2.24) is 4.90 Å². The largest absolute Gasteiger partial charge is 0.391 e. The average molecular weight is 154 g/mol. The Kier molecular flexibility index (Phi) is 2.44. The molecule has 11 heavy (non-hydrogen) atoms. The summed E-state index contributed by atoms with van der Waals surface area (Å²) in [5, 5.41) is 17.2. The molecule has 1 N–H and O–H groups in total. The molecule has 0 spiro atoms. The lowest BCUT2D eigenvalue weighted by Gasteiger charge is -2.12. The van der Waals surface area contributed by atoms with Crippen LogP contribution in [0.2, 0.25) is 0 Å². The molecule has 1 aliphatic rings. The van der Waals surface area contributed by atoms with E-state index in [0.717, 1.165) is 0 Å². The van der Waals surface area contributed by atoms with E-state index in [2.05, 4.69) is 0 Å². The van der Waals surface area contributed by atoms with Crippen LogP contribution in [0.15, 0.2) is 0 Å². The van der Waals surface area contributed by atoms with E-state index in [1.807, 2.05) is 0 Å². The zero-order valence-corrected chi connectivity index (χ0v) is 6.16. The molecule has 0 aromatic heterocycles. The summed E-state index contributed by atoms with van der Waals surface area (Å²) in [6.45, 7) is 0.974. The van der Waals surface area contributed by atoms with Crippen molar-refractivity contribution in [2.45, 2.75) is 18.9 Å². The number of hydrogen-bond donors (Lipinski definition) is 1. The van der Waals surface area contributed by atoms with Gasteiger partial charge in [0.25, 0.3) is 0 Å². The van der Waals surface area contributed by atoms with Crippen LogP contribution < -0.4 is 0 Å². The zero-order valence-electron chi connectivity index (χ0n) is 6.16. The summed E-state index contributed by atoms with van der Waals surface area (Å²) < 4.78 is 0. The van der Waals surface area contributed by atoms with E-state index in [1.54, 1.807) is 6.07 Å². The summed E-state index contributed by atoms with van der Waals surface area (Å²) in [5.41, 5.74) is 0. The topological polar surface area (TPSA) is 64.3 Å². The zero-order chi connectivity index (χ0) is 8.27. The average Bonchev–Trinajstić information content (AvgIpc) is 2.36. The third kappa shape index (κ3) is 1.92. The van der Waals surface area contributed by atoms with Crippen molar-refractivity contribution in [2.75, 3.05) is 13.1 Å². The summed E-state index contributed by atoms with van der Waals surface area (Å²) in [4.78, 5) is 12.5. The van der Waals surface area contributed by atoms with Crippen LogP contribution in [0.1, 0.15) is 12.8 Å². The van der Waals surface area contributed by atoms with Gasteiger partial charge in [-0.25, -0.2) is 0 Å². The molecule has 0 bridgehead atoms. The van der Waals surface area contributed by atoms with Gasteiger partial charge in [0.1, 0.15) is 6.42 Å². The Bertz CT molecular complexity index is 197. The molecular formula is C7H10N2O2. The van der Waals surface area contributed by atoms with Crippen LogP contribution in [0.5, 0.6) is 0 Å². The normalized spacial score (nSPS) is 23.3. The molecule has 0 saturated carbocycles. The highest BCUT2D eigenvalue weighted by atomic mass is 16.3. The number of amides is 1. The molecule has 1 rings (SSSR count). The Morgan fingerprint density at radius 2 is 2.55 bits per heavy atom. The van der Waals surface area contributed by atoms with Crippen molar-refractivity contribution in [1.29, 1.82) is 5.26 Å². The van der Waals surface area contributed by atoms with E-state index in [-0.39, 0.29) is 12.3 Å². The van der Waals surface area contributed by atoms with Crippen molar-refractivity contribution >= 4 is 5.91 Å². The second-order valence-electron chi connectivity index (χ2n) is 2.62. The van der Waals surface area contributed by atoms with Crippen molar-refractivity contribution < 1.29 is 9.90 Å². The van der Waals surface area contributed by atoms with Crippen LogP contribution in [0.25, 0.3) is 0 Å². The van der Waals surface area contributed by atoms with Crippen molar-refractivity contribution in [2.24, 2.45) is 0 Å². The number of nitriles is 1. The minimum Gasteiger partial charge on any atom is -0.391 e. The minimum absolute atomic E-state index is 0.0767. The lowest BCUT2D eigenvalue weighted by atomic mass is 10.3. The molecular weight excluding hydrogens is 144 g/mol. The summed E-state index contributed by atoms with van der Waals surface area (Å²) in [5.74, 6) is -0.177. The Morgan fingerprint density at radius 1 is 1.82 bits per heavy atom. The van der Waals surface area contributed by atoms with Crippen LogP contribution in [0.3, 0.4) is 0 Å². The molecule has 1 saturated heterocycles. The second kappa shape index (κ2) is 3.35. The standard InChI is InChI=1S/C7H10N2O2/c8-3-1-7(11)9-4-2-6(10)5-9/h6,10H,1-2,4-5H2/t6-/m1/s1. The van der Waals surface area contributed by atoms with Crippen LogP contribution >= 0.6 is 0 Å². The Labute approximate surface area is 65.0 Å². The van der Waals surface area contributed by atoms with Crippen molar-refractivity contribution in [3.8, 4) is 6.07 Å². The van der Waals surface area contributed by atoms with Gasteiger partial charge in [-0.1, -0.05) is 0 Å². The van der Waals surface area contributed by atoms with Crippen LogP contribution in [-0.4, -0.2) is 35.1 Å². The Hall–Kier alpha value is -1.08. The number of carbonyl (C=O) groups is 1. The van der Waals surface area contributed by atoms with Gasteiger partial charge in [0.05, 0.1) is 12.2 Å². The highest BCUT2D eigenvalue weighted by Crippen LogP contribution is 2.09. The summed E-state index contributed by atoms with van der Waals surface area (Å²) >= 11 is 0. The molecule has 1 aliphatic heterocycles. The molecule has 1 amide bonds. The molecule has 1 atom stereocenters. The molecule has 0 aromatic rings. The van der Waals surface area contributed by atoms with Crippen molar-refractivity contribution in [3.63, 3.8) is 0 Å². The third-order valence-electron chi connectivity index (χ3n) is 1.75. The van der Waals surface area contributed by atoms with Crippen molar-refractivity contribution in [3.05, 3.63) is 0 Å². The number of aliphatic hydroxyl groups is 1. The summed E-state index contributed by atoms with van der Waals surface area (Å²) in [7, 11) is 0. The van der Waals surface area contributed by atoms with Gasteiger partial charge in [-0.2, -0.15) is 5.26 Å². The van der Waals surface area contributed by atoms with E-state index < -0.39 is 6.10 Å². The number of β-amino-alcohol motifs (C(OH)–C–C–N with tert-alkyl or cyclic N) is 1. The summed E-state index contributed by atoms with van der Waals surface area (Å²) in [6, 6.07) is 1.79. The fourth-order valence-corrected chi connectivity index (χ4v) is 1.15. The first kappa shape index (κ1) is 8.02. The fourth-order valence-electron chi connectivity index (χ4n) is 1.15. The maximum absolute atomic E-state index is 11.0. The fraction of sp³-hybridized carbons (Fsp3) is 0.714. The number of aliphatic hydroxyl groups excluding tert-OH is 1. The number of hydrogen-bond acceptors (Lipinski definition) is 3. The highest BCUT2D eigenvalue weighted by Gasteiger charge is 2.23. The van der Waals surface area contributed by atoms with Gasteiger partial charge in [-0.05, 0) is 6.42 Å². The van der Waals surface area contributed by atoms with Gasteiger partial charge in [0.2, 0.25) is 5.91 Å². The molecule has 1 heterocycles. The Morgan fingerprint density at radius 3 is 3.00 bits per heavy atom. The van der Waals surface area contributed by atoms with Gasteiger partial charge in [0, 0.05) is 13.1 Å². The van der Waals surface area contributed by atoms with E-state index >= 15 is 0 Å². The van der Waals surface area contributed by atoms with Crippen LogP contribution in [0, 0.1) is 11.3 Å². The summed E-state index contributed by atoms with van der Waals surface area (Å²) in [6.07, 6.45) is 0.168. The first-order valence-corrected chi connectivity index (χ1v) is 3.57. The second-order valence-corrected chi connectivity index (χ2v) is 2.62. The SMILES string of the molecule is N#CCC(=O)N1CC[C@@H](O)C1. The minimum atomic E-state index is -0.391. The molecule has 0 aliphatic carbocycles. The van der Waals surface area contributed by atoms with Gasteiger partial charge < -0.3 is 10.0 Å². The Balaban J connectivity index is 2.38. The van der Waals surface area contributed by atoms with E-state index in [0.29, 0.717) is 19.5 Å². The highest BCUT2D eigenvalue weighted by molar-refractivity contribution is 5.78. The van der Waals surface area contributed by atoms with E-state index in [9.17, 15) is 4.79 Å². The molecule has 0 radical (unpaired) electrons. The number of likely N-dealkylation sites (tertiary alicyclic amines) is 1. The lowest BCUT2D eigenvalue weighted by Crippen LogP contribution is -2.28. The predicted molar refractivity (Wildman–Crippen MR) is 37.4 cm³/mol. The number of carbonyl (C=O) groups excluding carboxylic acids is 1. The molecule has 0 aromatic carbocycles. The number of rotatable bonds is 1. The number of nitrogens with zero attached hydrogens (tertiary/aromatic N) is 2. The van der Waals surface area contributed by atoms with Gasteiger partial charge in [-0.15, -0.1) is 0 Å². The molecule has 60 valence electrons. The first-order chi connectivity index (χ1) is 5.24. The van der Waals surface area contributed by atoms with E-state index in [1.165, 1.54) is 4.90 Å². The smallest absolute Gasteiger partial charge is 0.236 e. The van der Waals surface area contributed by atoms with Crippen LogP contribution in [-0.2, 0) is 4.79 Å². The maximum atomic E-state index is 11.0. The van der Waals surface area contributed by atoms with Gasteiger partial charge in [0.15, 0.2) is 0 Å². The van der Waals surface area contributed by atoms with E-state index in [4.69, 9.17) is 10.4 Å².